The van der Waals surface area contributed by atoms with E-state index < -0.39 is 45.8 Å². The van der Waals surface area contributed by atoms with Gasteiger partial charge in [0.05, 0.1) is 17.7 Å². The number of rotatable bonds is 10. The van der Waals surface area contributed by atoms with Gasteiger partial charge in [-0.1, -0.05) is 42.5 Å². The predicted octanol–water partition coefficient (Wildman–Crippen LogP) is 4.36. The third-order valence-electron chi connectivity index (χ3n) is 5.90. The number of nitrogens with one attached hydrogen (secondary N) is 1. The lowest BCUT2D eigenvalue weighted by Crippen LogP contribution is -2.54. The Morgan fingerprint density at radius 3 is 2.13 bits per heavy atom. The standard InChI is InChI=1S/C29H34FN3O5S/c1-21(28(35)31-29(2,3)4)32(19-22-15-17-23(30)18-16-22)27(34)20-33(25-13-9-10-14-26(25)38-5)39(36,37)24-11-7-6-8-12-24/h6-18,21H,19-20H2,1-5H3,(H,31,35)/t21-/m0/s1. The summed E-state index contributed by atoms with van der Waals surface area (Å²) in [6.45, 7) is 6.38. The molecular formula is C29H34FN3O5S. The first-order valence-electron chi connectivity index (χ1n) is 12.4. The van der Waals surface area contributed by atoms with Crippen molar-refractivity contribution in [1.29, 1.82) is 0 Å². The average Bonchev–Trinajstić information content (AvgIpc) is 2.90. The first-order valence-corrected chi connectivity index (χ1v) is 13.8. The Kier molecular flexibility index (Phi) is 9.34. The number of ether oxygens (including phenoxy) is 1. The first kappa shape index (κ1) is 29.6. The number of halogens is 1. The lowest BCUT2D eigenvalue weighted by molar-refractivity contribution is -0.140. The van der Waals surface area contributed by atoms with Gasteiger partial charge in [-0.2, -0.15) is 0 Å². The Morgan fingerprint density at radius 1 is 0.949 bits per heavy atom. The number of para-hydroxylation sites is 2. The molecule has 1 atom stereocenters. The molecule has 0 aliphatic rings. The van der Waals surface area contributed by atoms with Crippen LogP contribution < -0.4 is 14.4 Å². The van der Waals surface area contributed by atoms with Gasteiger partial charge in [-0.15, -0.1) is 0 Å². The summed E-state index contributed by atoms with van der Waals surface area (Å²) < 4.78 is 47.6. The minimum absolute atomic E-state index is 0.00712. The van der Waals surface area contributed by atoms with Crippen molar-refractivity contribution in [1.82, 2.24) is 10.2 Å². The number of carbonyl (C=O) groups excluding carboxylic acids is 2. The number of methoxy groups -OCH3 is 1. The minimum atomic E-state index is -4.21. The van der Waals surface area contributed by atoms with E-state index in [1.165, 1.54) is 48.4 Å². The topological polar surface area (TPSA) is 96.0 Å². The van der Waals surface area contributed by atoms with Crippen LogP contribution in [0.4, 0.5) is 10.1 Å². The third kappa shape index (κ3) is 7.57. The van der Waals surface area contributed by atoms with E-state index in [0.29, 0.717) is 5.56 Å². The van der Waals surface area contributed by atoms with Crippen LogP contribution in [0.15, 0.2) is 83.8 Å². The van der Waals surface area contributed by atoms with Crippen molar-refractivity contribution >= 4 is 27.5 Å². The summed E-state index contributed by atoms with van der Waals surface area (Å²) >= 11 is 0. The van der Waals surface area contributed by atoms with Crippen molar-refractivity contribution in [3.8, 4) is 5.75 Å². The summed E-state index contributed by atoms with van der Waals surface area (Å²) in [4.78, 5) is 28.3. The minimum Gasteiger partial charge on any atom is -0.495 e. The van der Waals surface area contributed by atoms with Crippen molar-refractivity contribution in [3.05, 3.63) is 90.2 Å². The maximum Gasteiger partial charge on any atom is 0.264 e. The van der Waals surface area contributed by atoms with E-state index in [2.05, 4.69) is 5.32 Å². The highest BCUT2D eigenvalue weighted by molar-refractivity contribution is 7.92. The van der Waals surface area contributed by atoms with Gasteiger partial charge < -0.3 is 15.0 Å². The maximum absolute atomic E-state index is 13.9. The summed E-state index contributed by atoms with van der Waals surface area (Å²) in [6.07, 6.45) is 0. The van der Waals surface area contributed by atoms with Gasteiger partial charge in [0.25, 0.3) is 10.0 Å². The molecule has 39 heavy (non-hydrogen) atoms. The molecule has 2 amide bonds. The number of sulfonamides is 1. The van der Waals surface area contributed by atoms with Crippen LogP contribution in [0.3, 0.4) is 0 Å². The average molecular weight is 556 g/mol. The third-order valence-corrected chi connectivity index (χ3v) is 7.67. The zero-order chi connectivity index (χ0) is 28.8. The molecule has 0 saturated carbocycles. The molecule has 0 aliphatic heterocycles. The Balaban J connectivity index is 2.06. The summed E-state index contributed by atoms with van der Waals surface area (Å²) in [5.41, 5.74) is 0.191. The molecule has 0 radical (unpaired) electrons. The fourth-order valence-corrected chi connectivity index (χ4v) is 5.36. The number of nitrogens with zero attached hydrogens (tertiary/aromatic N) is 2. The van der Waals surface area contributed by atoms with Crippen molar-refractivity contribution in [2.45, 2.75) is 50.7 Å². The number of amides is 2. The van der Waals surface area contributed by atoms with E-state index in [9.17, 15) is 22.4 Å². The zero-order valence-electron chi connectivity index (χ0n) is 22.7. The molecular weight excluding hydrogens is 521 g/mol. The summed E-state index contributed by atoms with van der Waals surface area (Å²) in [5.74, 6) is -1.21. The Bertz CT molecular complexity index is 1390. The number of benzene rings is 3. The van der Waals surface area contributed by atoms with Crippen molar-refractivity contribution in [2.24, 2.45) is 0 Å². The van der Waals surface area contributed by atoms with Gasteiger partial charge in [0.1, 0.15) is 24.2 Å². The zero-order valence-corrected chi connectivity index (χ0v) is 23.5. The van der Waals surface area contributed by atoms with E-state index in [-0.39, 0.29) is 22.9 Å². The van der Waals surface area contributed by atoms with Gasteiger partial charge in [0, 0.05) is 12.1 Å². The van der Waals surface area contributed by atoms with Crippen LogP contribution in [0.25, 0.3) is 0 Å². The van der Waals surface area contributed by atoms with Crippen LogP contribution in [-0.4, -0.2) is 50.4 Å². The largest absolute Gasteiger partial charge is 0.495 e. The molecule has 0 bridgehead atoms. The van der Waals surface area contributed by atoms with Gasteiger partial charge in [-0.3, -0.25) is 13.9 Å². The van der Waals surface area contributed by atoms with Crippen LogP contribution in [0.2, 0.25) is 0 Å². The van der Waals surface area contributed by atoms with E-state index in [4.69, 9.17) is 4.74 Å². The van der Waals surface area contributed by atoms with Gasteiger partial charge in [-0.25, -0.2) is 12.8 Å². The van der Waals surface area contributed by atoms with Crippen LogP contribution in [0.5, 0.6) is 5.75 Å². The lowest BCUT2D eigenvalue weighted by atomic mass is 10.1. The molecule has 8 nitrogen and oxygen atoms in total. The van der Waals surface area contributed by atoms with Gasteiger partial charge in [0.15, 0.2) is 0 Å². The number of hydrogen-bond donors (Lipinski definition) is 1. The second kappa shape index (κ2) is 12.3. The SMILES string of the molecule is COc1ccccc1N(CC(=O)N(Cc1ccc(F)cc1)[C@@H](C)C(=O)NC(C)(C)C)S(=O)(=O)c1ccccc1. The summed E-state index contributed by atoms with van der Waals surface area (Å²) in [7, 11) is -2.80. The van der Waals surface area contributed by atoms with Crippen LogP contribution in [-0.2, 0) is 26.2 Å². The summed E-state index contributed by atoms with van der Waals surface area (Å²) in [5, 5.41) is 2.86. The van der Waals surface area contributed by atoms with Crippen molar-refractivity contribution in [3.63, 3.8) is 0 Å². The lowest BCUT2D eigenvalue weighted by Gasteiger charge is -2.33. The van der Waals surface area contributed by atoms with Crippen molar-refractivity contribution < 1.29 is 27.1 Å². The molecule has 208 valence electrons. The molecule has 0 heterocycles. The van der Waals surface area contributed by atoms with Gasteiger partial charge >= 0.3 is 0 Å². The molecule has 10 heteroatoms. The first-order chi connectivity index (χ1) is 18.3. The van der Waals surface area contributed by atoms with Gasteiger partial charge in [0.2, 0.25) is 11.8 Å². The Labute approximate surface area is 229 Å². The van der Waals surface area contributed by atoms with Crippen molar-refractivity contribution in [2.75, 3.05) is 18.0 Å². The van der Waals surface area contributed by atoms with Gasteiger partial charge in [-0.05, 0) is 69.7 Å². The highest BCUT2D eigenvalue weighted by Gasteiger charge is 2.34. The fraction of sp³-hybridized carbons (Fsp3) is 0.310. The van der Waals surface area contributed by atoms with E-state index in [0.717, 1.165) is 4.31 Å². The molecule has 1 N–H and O–H groups in total. The van der Waals surface area contributed by atoms with E-state index in [1.54, 1.807) is 49.4 Å². The number of anilines is 1. The molecule has 3 rings (SSSR count). The number of carbonyl (C=O) groups is 2. The molecule has 0 unspecified atom stereocenters. The smallest absolute Gasteiger partial charge is 0.264 e. The Morgan fingerprint density at radius 2 is 1.54 bits per heavy atom. The number of hydrogen-bond acceptors (Lipinski definition) is 5. The quantitative estimate of drug-likeness (QED) is 0.401. The Hall–Kier alpha value is -3.92. The molecule has 0 aromatic heterocycles. The van der Waals surface area contributed by atoms with Crippen LogP contribution in [0, 0.1) is 5.82 Å². The molecule has 0 saturated heterocycles. The van der Waals surface area contributed by atoms with E-state index in [1.807, 2.05) is 20.8 Å². The molecule has 0 spiro atoms. The fourth-order valence-electron chi connectivity index (χ4n) is 3.91. The molecule has 3 aromatic rings. The molecule has 0 aliphatic carbocycles. The molecule has 3 aromatic carbocycles. The maximum atomic E-state index is 13.9. The normalized spacial score (nSPS) is 12.4. The predicted molar refractivity (Wildman–Crippen MR) is 148 cm³/mol. The van der Waals surface area contributed by atoms with Crippen LogP contribution >= 0.6 is 0 Å². The highest BCUT2D eigenvalue weighted by atomic mass is 32.2. The highest BCUT2D eigenvalue weighted by Crippen LogP contribution is 2.32. The second-order valence-electron chi connectivity index (χ2n) is 10.1. The van der Waals surface area contributed by atoms with E-state index >= 15 is 0 Å². The summed E-state index contributed by atoms with van der Waals surface area (Å²) in [6, 6.07) is 18.8. The second-order valence-corrected chi connectivity index (χ2v) is 11.9. The van der Waals surface area contributed by atoms with Crippen LogP contribution in [0.1, 0.15) is 33.3 Å². The monoisotopic (exact) mass is 555 g/mol. The molecule has 0 fully saturated rings.